The molecular formula is C29H31N3. The van der Waals surface area contributed by atoms with Crippen molar-refractivity contribution in [1.29, 1.82) is 0 Å². The zero-order valence-electron chi connectivity index (χ0n) is 18.5. The van der Waals surface area contributed by atoms with Gasteiger partial charge in [-0.05, 0) is 73.4 Å². The molecule has 0 atom stereocenters. The number of hydrogen-bond acceptors (Lipinski definition) is 1. The normalized spacial score (nSPS) is 11.5. The van der Waals surface area contributed by atoms with Gasteiger partial charge < -0.3 is 15.3 Å². The predicted octanol–water partition coefficient (Wildman–Crippen LogP) is 6.55. The highest BCUT2D eigenvalue weighted by Crippen LogP contribution is 2.24. The lowest BCUT2D eigenvalue weighted by molar-refractivity contribution is 0.677. The van der Waals surface area contributed by atoms with E-state index in [0.29, 0.717) is 0 Å². The van der Waals surface area contributed by atoms with E-state index in [1.165, 1.54) is 57.2 Å². The second kappa shape index (κ2) is 9.88. The highest BCUT2D eigenvalue weighted by atomic mass is 14.8. The average molecular weight is 422 g/mol. The molecule has 0 amide bonds. The van der Waals surface area contributed by atoms with Gasteiger partial charge in [0.25, 0.3) is 0 Å². The van der Waals surface area contributed by atoms with Crippen molar-refractivity contribution in [3.8, 4) is 0 Å². The Morgan fingerprint density at radius 1 is 0.656 bits per heavy atom. The van der Waals surface area contributed by atoms with E-state index < -0.39 is 0 Å². The maximum absolute atomic E-state index is 3.71. The second-order valence-electron chi connectivity index (χ2n) is 8.63. The first kappa shape index (κ1) is 20.6. The first-order valence-corrected chi connectivity index (χ1v) is 11.8. The lowest BCUT2D eigenvalue weighted by atomic mass is 10.0. The Hall–Kier alpha value is -3.30. The number of H-pyrrole nitrogens is 2. The molecule has 0 saturated carbocycles. The van der Waals surface area contributed by atoms with Crippen LogP contribution in [-0.2, 0) is 25.8 Å². The van der Waals surface area contributed by atoms with Crippen LogP contribution < -0.4 is 5.32 Å². The number of aromatic nitrogens is 2. The van der Waals surface area contributed by atoms with Crippen LogP contribution in [0, 0.1) is 0 Å². The van der Waals surface area contributed by atoms with Crippen LogP contribution in [0.4, 0.5) is 0 Å². The third-order valence-corrected chi connectivity index (χ3v) is 6.33. The predicted molar refractivity (Wildman–Crippen MR) is 135 cm³/mol. The number of fused-ring (bicyclic) bond motifs is 2. The zero-order valence-corrected chi connectivity index (χ0v) is 18.5. The van der Waals surface area contributed by atoms with Gasteiger partial charge in [-0.25, -0.2) is 0 Å². The van der Waals surface area contributed by atoms with Crippen molar-refractivity contribution >= 4 is 21.8 Å². The molecule has 0 aliphatic rings. The Kier molecular flexibility index (Phi) is 6.36. The van der Waals surface area contributed by atoms with Gasteiger partial charge in [-0.1, -0.05) is 66.7 Å². The molecule has 0 spiro atoms. The Balaban J connectivity index is 1.19. The Labute approximate surface area is 189 Å². The number of unbranched alkanes of at least 4 members (excludes halogenated alkanes) is 1. The molecule has 0 aliphatic carbocycles. The highest BCUT2D eigenvalue weighted by molar-refractivity contribution is 5.84. The molecule has 3 nitrogen and oxygen atoms in total. The van der Waals surface area contributed by atoms with Crippen molar-refractivity contribution < 1.29 is 0 Å². The van der Waals surface area contributed by atoms with Gasteiger partial charge in [0.1, 0.15) is 0 Å². The summed E-state index contributed by atoms with van der Waals surface area (Å²) in [5, 5.41) is 6.30. The quantitative estimate of drug-likeness (QED) is 0.220. The molecule has 3 aromatic carbocycles. The van der Waals surface area contributed by atoms with Crippen molar-refractivity contribution in [2.24, 2.45) is 0 Å². The molecule has 0 saturated heterocycles. The fourth-order valence-electron chi connectivity index (χ4n) is 4.68. The number of benzene rings is 3. The number of aromatic amines is 2. The van der Waals surface area contributed by atoms with Gasteiger partial charge in [-0.3, -0.25) is 0 Å². The molecular weight excluding hydrogens is 390 g/mol. The summed E-state index contributed by atoms with van der Waals surface area (Å²) in [6.45, 7) is 1.90. The van der Waals surface area contributed by atoms with Crippen LogP contribution in [0.25, 0.3) is 21.8 Å². The minimum atomic E-state index is 0.920. The summed E-state index contributed by atoms with van der Waals surface area (Å²) in [7, 11) is 0. The topological polar surface area (TPSA) is 43.6 Å². The first-order valence-electron chi connectivity index (χ1n) is 11.8. The van der Waals surface area contributed by atoms with Crippen molar-refractivity contribution in [3.05, 3.63) is 107 Å². The van der Waals surface area contributed by atoms with Crippen LogP contribution in [0.2, 0.25) is 0 Å². The fourth-order valence-corrected chi connectivity index (χ4v) is 4.68. The van der Waals surface area contributed by atoms with E-state index in [-0.39, 0.29) is 0 Å². The van der Waals surface area contributed by atoms with E-state index in [0.717, 1.165) is 32.4 Å². The lowest BCUT2D eigenvalue weighted by Crippen LogP contribution is -2.17. The monoisotopic (exact) mass is 421 g/mol. The Bertz CT molecular complexity index is 1250. The minimum absolute atomic E-state index is 0.920. The third kappa shape index (κ3) is 4.79. The molecule has 0 radical (unpaired) electrons. The SMILES string of the molecule is c1ccc(CNCCc2c(CCCCc3cc4ccccc4[nH]3)[nH]c3ccccc23)cc1. The van der Waals surface area contributed by atoms with Crippen LogP contribution in [-0.4, -0.2) is 16.5 Å². The van der Waals surface area contributed by atoms with Crippen molar-refractivity contribution in [2.75, 3.05) is 6.54 Å². The maximum atomic E-state index is 3.71. The van der Waals surface area contributed by atoms with Crippen LogP contribution >= 0.6 is 0 Å². The van der Waals surface area contributed by atoms with Crippen LogP contribution in [0.1, 0.15) is 35.4 Å². The lowest BCUT2D eigenvalue weighted by Gasteiger charge is -2.08. The van der Waals surface area contributed by atoms with Gasteiger partial charge in [-0.2, -0.15) is 0 Å². The molecule has 0 bridgehead atoms. The second-order valence-corrected chi connectivity index (χ2v) is 8.63. The summed E-state index contributed by atoms with van der Waals surface area (Å²) < 4.78 is 0. The number of para-hydroxylation sites is 2. The van der Waals surface area contributed by atoms with E-state index in [4.69, 9.17) is 0 Å². The molecule has 2 aromatic heterocycles. The van der Waals surface area contributed by atoms with Gasteiger partial charge in [0.05, 0.1) is 0 Å². The summed E-state index contributed by atoms with van der Waals surface area (Å²) in [6, 6.07) is 30.2. The van der Waals surface area contributed by atoms with E-state index in [9.17, 15) is 0 Å². The summed E-state index contributed by atoms with van der Waals surface area (Å²) in [6.07, 6.45) is 5.63. The standard InChI is InChI=1S/C29H31N3/c1-2-10-22(11-3-1)21-30-19-18-26-25-14-6-9-17-28(25)32-29(26)16-8-5-13-24-20-23-12-4-7-15-27(23)31-24/h1-4,6-7,9-12,14-15,17,20,30-32H,5,8,13,16,18-19,21H2. The molecule has 32 heavy (non-hydrogen) atoms. The number of rotatable bonds is 10. The first-order chi connectivity index (χ1) is 15.9. The van der Waals surface area contributed by atoms with Crippen molar-refractivity contribution in [1.82, 2.24) is 15.3 Å². The van der Waals surface area contributed by atoms with E-state index in [2.05, 4.69) is 100 Å². The molecule has 3 N–H and O–H groups in total. The van der Waals surface area contributed by atoms with Crippen molar-refractivity contribution in [2.45, 2.75) is 38.6 Å². The Morgan fingerprint density at radius 2 is 1.41 bits per heavy atom. The van der Waals surface area contributed by atoms with Crippen LogP contribution in [0.3, 0.4) is 0 Å². The number of nitrogens with one attached hydrogen (secondary N) is 3. The molecule has 2 heterocycles. The van der Waals surface area contributed by atoms with Crippen molar-refractivity contribution in [3.63, 3.8) is 0 Å². The molecule has 0 aliphatic heterocycles. The molecule has 0 fully saturated rings. The van der Waals surface area contributed by atoms with E-state index in [1.54, 1.807) is 0 Å². The molecule has 5 rings (SSSR count). The summed E-state index contributed by atoms with van der Waals surface area (Å²) in [5.74, 6) is 0. The Morgan fingerprint density at radius 3 is 2.28 bits per heavy atom. The van der Waals surface area contributed by atoms with E-state index >= 15 is 0 Å². The third-order valence-electron chi connectivity index (χ3n) is 6.33. The van der Waals surface area contributed by atoms with Crippen LogP contribution in [0.5, 0.6) is 0 Å². The van der Waals surface area contributed by atoms with Gasteiger partial charge in [0.15, 0.2) is 0 Å². The molecule has 0 unspecified atom stereocenters. The number of hydrogen-bond donors (Lipinski definition) is 3. The van der Waals surface area contributed by atoms with E-state index in [1.807, 2.05) is 0 Å². The fraction of sp³-hybridized carbons (Fsp3) is 0.241. The average Bonchev–Trinajstić information content (AvgIpc) is 3.41. The maximum Gasteiger partial charge on any atom is 0.0458 e. The molecule has 3 heteroatoms. The smallest absolute Gasteiger partial charge is 0.0458 e. The molecule has 162 valence electrons. The van der Waals surface area contributed by atoms with Crippen LogP contribution in [0.15, 0.2) is 84.9 Å². The summed E-state index contributed by atoms with van der Waals surface area (Å²) in [5.41, 5.74) is 8.06. The van der Waals surface area contributed by atoms with Gasteiger partial charge >= 0.3 is 0 Å². The minimum Gasteiger partial charge on any atom is -0.358 e. The summed E-state index contributed by atoms with van der Waals surface area (Å²) in [4.78, 5) is 7.27. The molecule has 5 aromatic rings. The van der Waals surface area contributed by atoms with Gasteiger partial charge in [0, 0.05) is 34.4 Å². The highest BCUT2D eigenvalue weighted by Gasteiger charge is 2.11. The summed E-state index contributed by atoms with van der Waals surface area (Å²) >= 11 is 0. The largest absolute Gasteiger partial charge is 0.358 e. The zero-order chi connectivity index (χ0) is 21.6. The van der Waals surface area contributed by atoms with Gasteiger partial charge in [0.2, 0.25) is 0 Å². The van der Waals surface area contributed by atoms with Gasteiger partial charge in [-0.15, -0.1) is 0 Å². The number of aryl methyl sites for hydroxylation is 2.